The smallest absolute Gasteiger partial charge is 0.277 e. The van der Waals surface area contributed by atoms with E-state index in [1.165, 1.54) is 28.9 Å². The van der Waals surface area contributed by atoms with Gasteiger partial charge in [-0.05, 0) is 90.7 Å². The molecule has 3 aromatic carbocycles. The van der Waals surface area contributed by atoms with Gasteiger partial charge in [0.05, 0.1) is 7.11 Å². The number of hydrogen-bond donors (Lipinski definition) is 2. The van der Waals surface area contributed by atoms with Crippen LogP contribution in [0.25, 0.3) is 0 Å². The standard InChI is InChI=1S/C13H14N2.C12H10N2O.C9H11NO2.C6H7N/c14-13(12-4-2-1-3-5-12)10-11-6-8-15-9-7-11;15-12(10-4-2-1-3-5-10)14-11-6-8-13-9-7-11;1-10(12-2)9(11)8-6-4-3-5-7-8;1-6-2-4-7-5-3-6/h1-9,13H,10,14H2;1-9H,(H,13,14,15);3-7H,1-2H3;2-5H,1H3. The highest BCUT2D eigenvalue weighted by molar-refractivity contribution is 6.04. The van der Waals surface area contributed by atoms with Crippen LogP contribution in [0.3, 0.4) is 0 Å². The third-order valence-electron chi connectivity index (χ3n) is 6.83. The van der Waals surface area contributed by atoms with Crippen molar-refractivity contribution in [2.75, 3.05) is 19.5 Å². The Morgan fingerprint density at radius 2 is 1.12 bits per heavy atom. The maximum Gasteiger partial charge on any atom is 0.277 e. The number of amides is 2. The topological polar surface area (TPSA) is 123 Å². The summed E-state index contributed by atoms with van der Waals surface area (Å²) in [6, 6.07) is 39.8. The van der Waals surface area contributed by atoms with E-state index in [1.54, 1.807) is 80.6 Å². The van der Waals surface area contributed by atoms with Crippen molar-refractivity contribution in [3.05, 3.63) is 192 Å². The first-order valence-corrected chi connectivity index (χ1v) is 15.6. The second-order valence-corrected chi connectivity index (χ2v) is 10.5. The summed E-state index contributed by atoms with van der Waals surface area (Å²) in [5, 5.41) is 3.97. The minimum absolute atomic E-state index is 0.0635. The highest BCUT2D eigenvalue weighted by Crippen LogP contribution is 2.15. The minimum Gasteiger partial charge on any atom is -0.324 e. The molecule has 6 rings (SSSR count). The molecule has 0 spiro atoms. The van der Waals surface area contributed by atoms with E-state index in [1.807, 2.05) is 85.8 Å². The number of aromatic nitrogens is 3. The third-order valence-corrected chi connectivity index (χ3v) is 6.83. The number of pyridine rings is 3. The van der Waals surface area contributed by atoms with Crippen LogP contribution in [0.5, 0.6) is 0 Å². The van der Waals surface area contributed by atoms with E-state index in [-0.39, 0.29) is 17.9 Å². The fourth-order valence-electron chi connectivity index (χ4n) is 4.09. The number of rotatable bonds is 7. The van der Waals surface area contributed by atoms with Crippen LogP contribution in [-0.4, -0.2) is 46.0 Å². The van der Waals surface area contributed by atoms with E-state index in [2.05, 4.69) is 32.4 Å². The van der Waals surface area contributed by atoms with Gasteiger partial charge in [0, 0.05) is 67.1 Å². The van der Waals surface area contributed by atoms with Crippen LogP contribution < -0.4 is 11.1 Å². The molecule has 49 heavy (non-hydrogen) atoms. The molecule has 250 valence electrons. The zero-order chi connectivity index (χ0) is 35.1. The van der Waals surface area contributed by atoms with Gasteiger partial charge in [-0.1, -0.05) is 66.7 Å². The molecule has 0 aliphatic carbocycles. The summed E-state index contributed by atoms with van der Waals surface area (Å²) in [7, 11) is 3.04. The number of carbonyl (C=O) groups is 2. The molecule has 3 heterocycles. The van der Waals surface area contributed by atoms with Gasteiger partial charge in [0.1, 0.15) is 0 Å². The number of carbonyl (C=O) groups excluding carboxylic acids is 2. The van der Waals surface area contributed by atoms with E-state index in [0.717, 1.165) is 12.1 Å². The highest BCUT2D eigenvalue weighted by Gasteiger charge is 2.09. The van der Waals surface area contributed by atoms with Crippen molar-refractivity contribution in [2.45, 2.75) is 19.4 Å². The molecule has 0 bridgehead atoms. The van der Waals surface area contributed by atoms with Crippen molar-refractivity contribution < 1.29 is 14.4 Å². The molecule has 0 aliphatic heterocycles. The average Bonchev–Trinajstić information content (AvgIpc) is 3.17. The first-order chi connectivity index (χ1) is 23.9. The van der Waals surface area contributed by atoms with Gasteiger partial charge in [-0.15, -0.1) is 0 Å². The third kappa shape index (κ3) is 14.5. The predicted molar refractivity (Wildman–Crippen MR) is 194 cm³/mol. The average molecular weight is 655 g/mol. The molecule has 0 aliphatic rings. The van der Waals surface area contributed by atoms with Gasteiger partial charge in [0.15, 0.2) is 0 Å². The second-order valence-electron chi connectivity index (χ2n) is 10.5. The lowest BCUT2D eigenvalue weighted by Gasteiger charge is -2.12. The summed E-state index contributed by atoms with van der Waals surface area (Å²) in [6.45, 7) is 2.04. The van der Waals surface area contributed by atoms with Gasteiger partial charge in [0.25, 0.3) is 11.8 Å². The number of hydroxylamine groups is 2. The Kier molecular flexibility index (Phi) is 16.6. The van der Waals surface area contributed by atoms with Gasteiger partial charge in [-0.25, -0.2) is 5.06 Å². The molecule has 9 heteroatoms. The summed E-state index contributed by atoms with van der Waals surface area (Å²) in [6.07, 6.45) is 11.3. The summed E-state index contributed by atoms with van der Waals surface area (Å²) in [4.78, 5) is 39.5. The van der Waals surface area contributed by atoms with Gasteiger partial charge in [-0.2, -0.15) is 0 Å². The maximum absolute atomic E-state index is 11.7. The summed E-state index contributed by atoms with van der Waals surface area (Å²) < 4.78 is 0. The minimum atomic E-state index is -0.141. The van der Waals surface area contributed by atoms with E-state index in [9.17, 15) is 9.59 Å². The largest absolute Gasteiger partial charge is 0.324 e. The predicted octanol–water partition coefficient (Wildman–Crippen LogP) is 7.37. The molecule has 0 radical (unpaired) electrons. The first kappa shape index (κ1) is 37.4. The monoisotopic (exact) mass is 654 g/mol. The van der Waals surface area contributed by atoms with E-state index < -0.39 is 0 Å². The second kappa shape index (κ2) is 21.7. The van der Waals surface area contributed by atoms with Crippen LogP contribution in [0.1, 0.15) is 43.4 Å². The van der Waals surface area contributed by atoms with Crippen molar-refractivity contribution in [3.8, 4) is 0 Å². The molecular formula is C40H42N6O3. The number of nitrogens with two attached hydrogens (primary N) is 1. The molecule has 3 aromatic heterocycles. The number of anilines is 1. The van der Waals surface area contributed by atoms with Crippen LogP contribution in [0, 0.1) is 6.92 Å². The maximum atomic E-state index is 11.7. The Labute approximate surface area is 288 Å². The summed E-state index contributed by atoms with van der Waals surface area (Å²) >= 11 is 0. The molecule has 9 nitrogen and oxygen atoms in total. The lowest BCUT2D eigenvalue weighted by atomic mass is 10.0. The fraction of sp³-hybridized carbons (Fsp3) is 0.125. The van der Waals surface area contributed by atoms with Crippen molar-refractivity contribution in [1.82, 2.24) is 20.0 Å². The first-order valence-electron chi connectivity index (χ1n) is 15.6. The van der Waals surface area contributed by atoms with E-state index in [4.69, 9.17) is 10.6 Å². The molecule has 0 fully saturated rings. The quantitative estimate of drug-likeness (QED) is 0.172. The number of nitrogens with one attached hydrogen (secondary N) is 1. The fourth-order valence-corrected chi connectivity index (χ4v) is 4.09. The van der Waals surface area contributed by atoms with Crippen molar-refractivity contribution in [1.29, 1.82) is 0 Å². The van der Waals surface area contributed by atoms with E-state index in [0.29, 0.717) is 11.1 Å². The molecule has 1 unspecified atom stereocenters. The van der Waals surface area contributed by atoms with Gasteiger partial charge in [-0.3, -0.25) is 29.4 Å². The lowest BCUT2D eigenvalue weighted by molar-refractivity contribution is -0.0756. The van der Waals surface area contributed by atoms with Gasteiger partial charge < -0.3 is 11.1 Å². The molecule has 1 atom stereocenters. The summed E-state index contributed by atoms with van der Waals surface area (Å²) in [5.74, 6) is -0.250. The van der Waals surface area contributed by atoms with Gasteiger partial charge in [0.2, 0.25) is 0 Å². The lowest BCUT2D eigenvalue weighted by Crippen LogP contribution is -2.25. The molecule has 2 amide bonds. The van der Waals surface area contributed by atoms with E-state index >= 15 is 0 Å². The SMILES string of the molecule is CON(C)C(=O)c1ccccc1.Cc1ccncc1.NC(Cc1ccncc1)c1ccccc1.O=C(Nc1ccncc1)c1ccccc1. The Morgan fingerprint density at radius 1 is 0.673 bits per heavy atom. The number of aryl methyl sites for hydroxylation is 1. The number of benzene rings is 3. The Bertz CT molecular complexity index is 1750. The van der Waals surface area contributed by atoms with Crippen LogP contribution in [0.2, 0.25) is 0 Å². The van der Waals surface area contributed by atoms with Crippen LogP contribution >= 0.6 is 0 Å². The molecule has 6 aromatic rings. The number of hydrogen-bond acceptors (Lipinski definition) is 7. The van der Waals surface area contributed by atoms with Crippen LogP contribution in [0.15, 0.2) is 165 Å². The van der Waals surface area contributed by atoms with Crippen molar-refractivity contribution >= 4 is 17.5 Å². The van der Waals surface area contributed by atoms with Crippen molar-refractivity contribution in [2.24, 2.45) is 5.73 Å². The zero-order valence-electron chi connectivity index (χ0n) is 28.0. The van der Waals surface area contributed by atoms with Crippen LogP contribution in [0.4, 0.5) is 5.69 Å². The zero-order valence-corrected chi connectivity index (χ0v) is 28.0. The molecule has 0 saturated heterocycles. The normalized spacial score (nSPS) is 10.3. The molecular weight excluding hydrogens is 612 g/mol. The highest BCUT2D eigenvalue weighted by atomic mass is 16.7. The van der Waals surface area contributed by atoms with Crippen molar-refractivity contribution in [3.63, 3.8) is 0 Å². The Balaban J connectivity index is 0.000000183. The Hall–Kier alpha value is -6.03. The van der Waals surface area contributed by atoms with Gasteiger partial charge >= 0.3 is 0 Å². The summed E-state index contributed by atoms with van der Waals surface area (Å²) in [5.41, 5.74) is 11.8. The molecule has 0 saturated carbocycles. The molecule has 3 N–H and O–H groups in total. The van der Waals surface area contributed by atoms with Crippen LogP contribution in [-0.2, 0) is 11.3 Å². The number of nitrogens with zero attached hydrogens (tertiary/aromatic N) is 4. The Morgan fingerprint density at radius 3 is 1.59 bits per heavy atom.